The van der Waals surface area contributed by atoms with Crippen molar-refractivity contribution >= 4 is 70.5 Å². The molecule has 0 radical (unpaired) electrons. The van der Waals surface area contributed by atoms with E-state index in [2.05, 4.69) is 59.0 Å². The van der Waals surface area contributed by atoms with Gasteiger partial charge in [0, 0.05) is 95.2 Å². The molecule has 36 heteroatoms. The van der Waals surface area contributed by atoms with E-state index in [-0.39, 0.29) is 47.4 Å². The van der Waals surface area contributed by atoms with Gasteiger partial charge in [-0.05, 0) is 86.1 Å². The zero-order valence-corrected chi connectivity index (χ0v) is 57.6. The summed E-state index contributed by atoms with van der Waals surface area (Å²) in [6.45, 7) is 16.8. The van der Waals surface area contributed by atoms with Crippen molar-refractivity contribution in [3.05, 3.63) is 205 Å². The SMILES string of the molecule is C=C(C)OC(=O)N1CCN(c2ccc(NC(=O)c3nc(-c4ccccc4)oc3C(F)(F)F)cn2)CC1.C=CCOC(=O)N1CCN(c2ccc(NC(=O)c3nc(-c4ccccc4)oc3C(F)(F)F)cn2)CC1.CCCOC(=O)N1CCN(c2ccc(NC(=O)c3nc(-c4ccccc4)oc3C(F)(F)F)cn2)CC1. The second kappa shape index (κ2) is 34.9. The number of rotatable bonds is 17. The molecule has 0 spiro atoms. The second-order valence-corrected chi connectivity index (χ2v) is 23.7. The number of benzene rings is 3. The highest BCUT2D eigenvalue weighted by Crippen LogP contribution is 2.39. The molecule has 0 atom stereocenters. The maximum Gasteiger partial charge on any atom is 0.452 e. The van der Waals surface area contributed by atoms with Crippen molar-refractivity contribution in [2.45, 2.75) is 38.8 Å². The summed E-state index contributed by atoms with van der Waals surface area (Å²) in [6.07, 6.45) is -9.68. The lowest BCUT2D eigenvalue weighted by Crippen LogP contribution is -2.49. The number of piperazine rings is 3. The van der Waals surface area contributed by atoms with Gasteiger partial charge in [-0.2, -0.15) is 39.5 Å². The van der Waals surface area contributed by atoms with Crippen LogP contribution in [0.1, 0.15) is 69.0 Å². The number of carbonyl (C=O) groups is 6. The van der Waals surface area contributed by atoms with Crippen LogP contribution in [-0.4, -0.2) is 172 Å². The highest BCUT2D eigenvalue weighted by Gasteiger charge is 2.45. The molecule has 12 rings (SSSR count). The topological polar surface area (TPSA) is 302 Å². The van der Waals surface area contributed by atoms with Crippen molar-refractivity contribution < 1.29 is 95.7 Å². The first-order valence-electron chi connectivity index (χ1n) is 33.2. The number of hydrogen-bond acceptors (Lipinski definition) is 21. The lowest BCUT2D eigenvalue weighted by Gasteiger charge is -2.34. The molecule has 0 unspecified atom stereocenters. The number of allylic oxidation sites excluding steroid dienone is 1. The van der Waals surface area contributed by atoms with Gasteiger partial charge in [0.1, 0.15) is 24.1 Å². The molecule has 9 aromatic rings. The molecule has 6 amide bonds. The van der Waals surface area contributed by atoms with Crippen LogP contribution in [0.5, 0.6) is 0 Å². The van der Waals surface area contributed by atoms with Crippen LogP contribution in [0.2, 0.25) is 0 Å². The Morgan fingerprint density at radius 2 is 0.741 bits per heavy atom. The monoisotopic (exact) mass is 1510 g/mol. The summed E-state index contributed by atoms with van der Waals surface area (Å²) >= 11 is 0. The van der Waals surface area contributed by atoms with E-state index in [0.717, 1.165) is 6.42 Å². The molecule has 0 saturated carbocycles. The second-order valence-electron chi connectivity index (χ2n) is 23.7. The van der Waals surface area contributed by atoms with Gasteiger partial charge in [0.25, 0.3) is 17.7 Å². The fourth-order valence-corrected chi connectivity index (χ4v) is 10.7. The number of hydrogen-bond donors (Lipinski definition) is 3. The summed E-state index contributed by atoms with van der Waals surface area (Å²) in [7, 11) is 0. The normalized spacial score (nSPS) is 13.9. The van der Waals surface area contributed by atoms with Crippen LogP contribution in [0, 0.1) is 0 Å². The number of nitrogens with zero attached hydrogens (tertiary/aromatic N) is 12. The molecule has 3 N–H and O–H groups in total. The summed E-state index contributed by atoms with van der Waals surface area (Å²) in [4.78, 5) is 109. The van der Waals surface area contributed by atoms with Crippen molar-refractivity contribution in [3.8, 4) is 34.4 Å². The molecule has 0 aliphatic carbocycles. The van der Waals surface area contributed by atoms with Gasteiger partial charge in [0.2, 0.25) is 35.0 Å². The summed E-state index contributed by atoms with van der Waals surface area (Å²) in [6, 6.07) is 33.5. The molecule has 6 aromatic heterocycles. The lowest BCUT2D eigenvalue weighted by molar-refractivity contribution is -0.153. The number of oxazole rings is 3. The van der Waals surface area contributed by atoms with Crippen LogP contribution >= 0.6 is 0 Å². The first-order valence-corrected chi connectivity index (χ1v) is 33.2. The van der Waals surface area contributed by atoms with Crippen molar-refractivity contribution in [1.82, 2.24) is 44.6 Å². The Labute approximate surface area is 609 Å². The number of carbonyl (C=O) groups excluding carboxylic acids is 6. The van der Waals surface area contributed by atoms with E-state index in [9.17, 15) is 68.3 Å². The van der Waals surface area contributed by atoms with Crippen molar-refractivity contribution in [1.29, 1.82) is 0 Å². The number of halogens is 9. The third kappa shape index (κ3) is 20.4. The number of nitrogens with one attached hydrogen (secondary N) is 3. The summed E-state index contributed by atoms with van der Waals surface area (Å²) in [5.74, 6) is -6.48. The minimum absolute atomic E-state index is 0.139. The van der Waals surface area contributed by atoms with Gasteiger partial charge < -0.3 is 72.8 Å². The highest BCUT2D eigenvalue weighted by atomic mass is 19.4. The van der Waals surface area contributed by atoms with E-state index in [4.69, 9.17) is 27.5 Å². The van der Waals surface area contributed by atoms with Crippen LogP contribution < -0.4 is 30.7 Å². The van der Waals surface area contributed by atoms with E-state index < -0.39 is 82.8 Å². The minimum atomic E-state index is -4.91. The van der Waals surface area contributed by atoms with Crippen LogP contribution in [-0.2, 0) is 32.7 Å². The average Bonchev–Trinajstić information content (AvgIpc) is 1.67. The molecule has 3 saturated heterocycles. The quantitative estimate of drug-likeness (QED) is 0.0330. The van der Waals surface area contributed by atoms with Crippen LogP contribution in [0.25, 0.3) is 34.4 Å². The predicted octanol–water partition coefficient (Wildman–Crippen LogP) is 13.9. The average molecular weight is 1510 g/mol. The molecule has 3 fully saturated rings. The standard InChI is InChI=1S/C24H22F3N5O4.C24H24F3N5O4.C24H22F3N5O4/c1-15(2)35-23(34)32-12-10-31(11-13-32)18-9-8-17(14-28-18)29-21(33)19-20(24(25,26)27)36-22(30-19)16-6-4-3-5-7-16;2*1-2-14-35-23(34)32-12-10-31(11-13-32)18-9-8-17(15-28-18)29-21(33)19-20(24(25,26)27)36-22(30-19)16-6-4-3-5-7-16/h3-9,14H,1,10-13H2,2H3,(H,29,33);3-9,15H,2,10-14H2,1H3,(H,29,33);2-9,15H,1,10-14H2,(H,29,33). The van der Waals surface area contributed by atoms with Crippen molar-refractivity contribution in [3.63, 3.8) is 0 Å². The van der Waals surface area contributed by atoms with Crippen LogP contribution in [0.3, 0.4) is 0 Å². The van der Waals surface area contributed by atoms with E-state index in [1.165, 1.54) is 79.3 Å². The van der Waals surface area contributed by atoms with E-state index in [1.807, 2.05) is 21.6 Å². The van der Waals surface area contributed by atoms with Crippen LogP contribution in [0.4, 0.5) is 88.4 Å². The van der Waals surface area contributed by atoms with Crippen LogP contribution in [0.15, 0.2) is 184 Å². The lowest BCUT2D eigenvalue weighted by atomic mass is 10.2. The zero-order valence-electron chi connectivity index (χ0n) is 57.6. The summed E-state index contributed by atoms with van der Waals surface area (Å²) < 4.78 is 151. The van der Waals surface area contributed by atoms with Gasteiger partial charge in [0.05, 0.1) is 48.0 Å². The molecule has 9 heterocycles. The Morgan fingerprint density at radius 1 is 0.444 bits per heavy atom. The van der Waals surface area contributed by atoms with Crippen molar-refractivity contribution in [2.75, 3.05) is 122 Å². The Morgan fingerprint density at radius 3 is 1.00 bits per heavy atom. The predicted molar refractivity (Wildman–Crippen MR) is 373 cm³/mol. The molecule has 566 valence electrons. The van der Waals surface area contributed by atoms with Gasteiger partial charge in [-0.3, -0.25) is 14.4 Å². The van der Waals surface area contributed by atoms with Gasteiger partial charge in [-0.15, -0.1) is 0 Å². The molecule has 3 aromatic carbocycles. The number of pyridine rings is 3. The molecule has 27 nitrogen and oxygen atoms in total. The Balaban J connectivity index is 0.000000173. The molecule has 3 aliphatic heterocycles. The number of anilines is 6. The fourth-order valence-electron chi connectivity index (χ4n) is 10.7. The van der Waals surface area contributed by atoms with Gasteiger partial charge in [-0.1, -0.05) is 80.8 Å². The number of aromatic nitrogens is 6. The third-order valence-electron chi connectivity index (χ3n) is 16.0. The smallest absolute Gasteiger partial charge is 0.449 e. The first kappa shape index (κ1) is 77.8. The molecular formula is C72H68F9N15O12. The van der Waals surface area contributed by atoms with E-state index >= 15 is 0 Å². The first-order chi connectivity index (χ1) is 51.6. The highest BCUT2D eigenvalue weighted by molar-refractivity contribution is 6.05. The zero-order chi connectivity index (χ0) is 77.3. The number of amides is 6. The maximum absolute atomic E-state index is 13.5. The molecule has 3 aliphatic rings. The Kier molecular flexibility index (Phi) is 25.1. The third-order valence-corrected chi connectivity index (χ3v) is 16.0. The van der Waals surface area contributed by atoms with Crippen molar-refractivity contribution in [2.24, 2.45) is 0 Å². The fraction of sp³-hybridized carbons (Fsp3) is 0.278. The molecule has 0 bridgehead atoms. The summed E-state index contributed by atoms with van der Waals surface area (Å²) in [5.41, 5.74) is -1.11. The summed E-state index contributed by atoms with van der Waals surface area (Å²) in [5, 5.41) is 7.17. The van der Waals surface area contributed by atoms with Gasteiger partial charge in [0.15, 0.2) is 17.1 Å². The molecular weight excluding hydrogens is 1440 g/mol. The molecule has 108 heavy (non-hydrogen) atoms. The largest absolute Gasteiger partial charge is 0.452 e. The number of ether oxygens (including phenoxy) is 3. The minimum Gasteiger partial charge on any atom is -0.449 e. The Bertz CT molecular complexity index is 4580. The number of alkyl halides is 9. The van der Waals surface area contributed by atoms with Gasteiger partial charge in [-0.25, -0.2) is 44.3 Å². The Hall–Kier alpha value is -12.8. The maximum atomic E-state index is 13.5. The van der Waals surface area contributed by atoms with Gasteiger partial charge >= 0.3 is 36.8 Å². The van der Waals surface area contributed by atoms with E-state index in [1.54, 1.807) is 94.4 Å². The van der Waals surface area contributed by atoms with E-state index in [0.29, 0.717) is 125 Å².